The van der Waals surface area contributed by atoms with Gasteiger partial charge in [-0.15, -0.1) is 0 Å². The summed E-state index contributed by atoms with van der Waals surface area (Å²) in [6.45, 7) is 8.48. The van der Waals surface area contributed by atoms with E-state index >= 15 is 0 Å². The summed E-state index contributed by atoms with van der Waals surface area (Å²) in [5, 5.41) is 2.48. The van der Waals surface area contributed by atoms with Crippen molar-refractivity contribution >= 4 is 33.5 Å². The smallest absolute Gasteiger partial charge is 0.410 e. The molecule has 1 spiro atoms. The molecule has 6 nitrogen and oxygen atoms in total. The van der Waals surface area contributed by atoms with Crippen LogP contribution in [-0.4, -0.2) is 63.2 Å². The summed E-state index contributed by atoms with van der Waals surface area (Å²) in [6.07, 6.45) is 15.8. The van der Waals surface area contributed by atoms with Gasteiger partial charge in [0.1, 0.15) is 5.60 Å². The zero-order chi connectivity index (χ0) is 26.8. The molecule has 3 aromatic rings. The summed E-state index contributed by atoms with van der Waals surface area (Å²) in [5.41, 5.74) is 4.23. The Morgan fingerprint density at radius 3 is 2.87 bits per heavy atom. The summed E-state index contributed by atoms with van der Waals surface area (Å²) < 4.78 is 5.89. The van der Waals surface area contributed by atoms with E-state index in [2.05, 4.69) is 58.4 Å². The standard InChI is InChI=1S/C33H40N4O2/c1-32(2,3)39-31(38)36-19-16-26-25(29-30-24(15-17-34-29)23-11-7-8-12-27(23)35-30)13-14-28-33(26,21-36)20-22-10-6-4-5-9-18-37(22)28/h6-8,10-13,15,17,22,26,28,35H,4-5,9,14,16,18-21H2,1-3H3/b10-6-/t22-,26-,28-,33-/m0/s1. The molecule has 3 aliphatic heterocycles. The molecule has 2 saturated heterocycles. The molecule has 204 valence electrons. The van der Waals surface area contributed by atoms with Crippen molar-refractivity contribution in [3.05, 3.63) is 60.5 Å². The van der Waals surface area contributed by atoms with Crippen LogP contribution in [-0.2, 0) is 4.74 Å². The molecule has 1 N–H and O–H groups in total. The Morgan fingerprint density at radius 1 is 1.13 bits per heavy atom. The number of para-hydroxylation sites is 1. The third-order valence-corrected chi connectivity index (χ3v) is 9.63. The average Bonchev–Trinajstić information content (AvgIpc) is 3.41. The summed E-state index contributed by atoms with van der Waals surface area (Å²) in [7, 11) is 0. The van der Waals surface area contributed by atoms with Gasteiger partial charge in [-0.3, -0.25) is 9.88 Å². The largest absolute Gasteiger partial charge is 0.444 e. The molecule has 39 heavy (non-hydrogen) atoms. The molecular formula is C33H40N4O2. The monoisotopic (exact) mass is 524 g/mol. The molecule has 1 aliphatic carbocycles. The number of aromatic amines is 1. The molecule has 2 aromatic heterocycles. The first-order chi connectivity index (χ1) is 18.8. The van der Waals surface area contributed by atoms with E-state index in [-0.39, 0.29) is 11.5 Å². The van der Waals surface area contributed by atoms with Crippen LogP contribution in [0.15, 0.2) is 54.8 Å². The van der Waals surface area contributed by atoms with E-state index in [1.54, 1.807) is 0 Å². The summed E-state index contributed by atoms with van der Waals surface area (Å²) in [4.78, 5) is 26.9. The highest BCUT2D eigenvalue weighted by molar-refractivity contribution is 6.09. The summed E-state index contributed by atoms with van der Waals surface area (Å²) in [5.74, 6) is 0.348. The number of carbonyl (C=O) groups is 1. The molecule has 0 radical (unpaired) electrons. The summed E-state index contributed by atoms with van der Waals surface area (Å²) >= 11 is 0. The molecule has 4 aliphatic rings. The van der Waals surface area contributed by atoms with Gasteiger partial charge in [0, 0.05) is 53.1 Å². The van der Waals surface area contributed by atoms with Gasteiger partial charge >= 0.3 is 6.09 Å². The quantitative estimate of drug-likeness (QED) is 0.351. The van der Waals surface area contributed by atoms with Crippen LogP contribution >= 0.6 is 0 Å². The number of fused-ring (bicyclic) bond motifs is 5. The van der Waals surface area contributed by atoms with Gasteiger partial charge in [-0.1, -0.05) is 36.4 Å². The number of nitrogens with zero attached hydrogens (tertiary/aromatic N) is 3. The Bertz CT molecular complexity index is 1480. The maximum atomic E-state index is 13.4. The first kappa shape index (κ1) is 24.9. The van der Waals surface area contributed by atoms with Crippen LogP contribution in [0.1, 0.15) is 65.0 Å². The number of hydrogen-bond donors (Lipinski definition) is 1. The Kier molecular flexibility index (Phi) is 5.89. The number of aromatic nitrogens is 2. The predicted molar refractivity (Wildman–Crippen MR) is 156 cm³/mol. The van der Waals surface area contributed by atoms with Gasteiger partial charge in [-0.2, -0.15) is 0 Å². The lowest BCUT2D eigenvalue weighted by atomic mass is 9.59. The molecule has 7 rings (SSSR count). The van der Waals surface area contributed by atoms with Crippen LogP contribution in [0.25, 0.3) is 27.4 Å². The maximum absolute atomic E-state index is 13.4. The lowest BCUT2D eigenvalue weighted by Crippen LogP contribution is -2.58. The molecule has 1 amide bonds. The van der Waals surface area contributed by atoms with Gasteiger partial charge in [0.15, 0.2) is 0 Å². The molecule has 6 heteroatoms. The van der Waals surface area contributed by atoms with Crippen molar-refractivity contribution in [1.82, 2.24) is 19.8 Å². The molecule has 4 atom stereocenters. The van der Waals surface area contributed by atoms with Crippen LogP contribution < -0.4 is 0 Å². The number of carbonyl (C=O) groups excluding carboxylic acids is 1. The number of nitrogens with one attached hydrogen (secondary N) is 1. The Labute approximate surface area is 231 Å². The number of allylic oxidation sites excluding steroid dienone is 2. The maximum Gasteiger partial charge on any atom is 0.410 e. The van der Waals surface area contributed by atoms with Gasteiger partial charge in [0.05, 0.1) is 11.2 Å². The molecule has 0 saturated carbocycles. The third-order valence-electron chi connectivity index (χ3n) is 9.63. The zero-order valence-electron chi connectivity index (χ0n) is 23.5. The van der Waals surface area contributed by atoms with Crippen LogP contribution in [0.2, 0.25) is 0 Å². The van der Waals surface area contributed by atoms with Crippen molar-refractivity contribution in [3.63, 3.8) is 0 Å². The molecule has 0 unspecified atom stereocenters. The number of rotatable bonds is 1. The topological polar surface area (TPSA) is 61.5 Å². The third kappa shape index (κ3) is 4.10. The van der Waals surface area contributed by atoms with E-state index in [0.717, 1.165) is 49.1 Å². The van der Waals surface area contributed by atoms with E-state index in [0.29, 0.717) is 24.5 Å². The van der Waals surface area contributed by atoms with Crippen LogP contribution in [0.5, 0.6) is 0 Å². The number of likely N-dealkylation sites (tertiary alicyclic amines) is 1. The number of ether oxygens (including phenoxy) is 1. The van der Waals surface area contributed by atoms with Gasteiger partial charge < -0.3 is 14.6 Å². The minimum absolute atomic E-state index is 0.0194. The first-order valence-electron chi connectivity index (χ1n) is 14.8. The van der Waals surface area contributed by atoms with Gasteiger partial charge in [0.2, 0.25) is 0 Å². The van der Waals surface area contributed by atoms with Crippen LogP contribution in [0.4, 0.5) is 4.79 Å². The van der Waals surface area contributed by atoms with E-state index in [1.165, 1.54) is 35.6 Å². The Morgan fingerprint density at radius 2 is 2.00 bits per heavy atom. The lowest BCUT2D eigenvalue weighted by Gasteiger charge is -2.53. The van der Waals surface area contributed by atoms with Crippen LogP contribution in [0, 0.1) is 11.3 Å². The van der Waals surface area contributed by atoms with Gasteiger partial charge in [-0.25, -0.2) is 4.79 Å². The highest BCUT2D eigenvalue weighted by Gasteiger charge is 2.60. The fourth-order valence-electron chi connectivity index (χ4n) is 8.13. The van der Waals surface area contributed by atoms with E-state index < -0.39 is 5.60 Å². The number of hydrogen-bond acceptors (Lipinski definition) is 4. The number of piperidine rings is 1. The molecule has 5 heterocycles. The molecular weight excluding hydrogens is 484 g/mol. The number of amides is 1. The first-order valence-corrected chi connectivity index (χ1v) is 14.8. The predicted octanol–water partition coefficient (Wildman–Crippen LogP) is 6.93. The molecule has 1 aromatic carbocycles. The fraction of sp³-hybridized carbons (Fsp3) is 0.515. The highest BCUT2D eigenvalue weighted by atomic mass is 16.6. The van der Waals surface area contributed by atoms with E-state index in [9.17, 15) is 4.79 Å². The SMILES string of the molecule is CC(C)(C)OC(=O)N1CC[C@H]2C(c3nccc4c3[nH]c3ccccc34)=CC[C@@H]3N4CCCC/C=C\[C@H]4C[C@@]32C1. The second-order valence-electron chi connectivity index (χ2n) is 13.1. The second-order valence-corrected chi connectivity index (χ2v) is 13.1. The normalized spacial score (nSPS) is 30.2. The Balaban J connectivity index is 1.32. The minimum atomic E-state index is -0.496. The van der Waals surface area contributed by atoms with Crippen molar-refractivity contribution in [2.24, 2.45) is 11.3 Å². The van der Waals surface area contributed by atoms with Crippen molar-refractivity contribution in [3.8, 4) is 0 Å². The summed E-state index contributed by atoms with van der Waals surface area (Å²) in [6, 6.07) is 11.5. The van der Waals surface area contributed by atoms with E-state index in [1.807, 2.05) is 31.9 Å². The van der Waals surface area contributed by atoms with E-state index in [4.69, 9.17) is 9.72 Å². The lowest BCUT2D eigenvalue weighted by molar-refractivity contribution is -0.0170. The van der Waals surface area contributed by atoms with Gasteiger partial charge in [-0.05, 0) is 89.5 Å². The van der Waals surface area contributed by atoms with Crippen molar-refractivity contribution < 1.29 is 9.53 Å². The number of pyridine rings is 1. The van der Waals surface area contributed by atoms with Gasteiger partial charge in [0.25, 0.3) is 0 Å². The Hall–Kier alpha value is -3.12. The fourth-order valence-corrected chi connectivity index (χ4v) is 8.13. The van der Waals surface area contributed by atoms with Crippen molar-refractivity contribution in [2.75, 3.05) is 19.6 Å². The number of benzene rings is 1. The molecule has 0 bridgehead atoms. The number of H-pyrrole nitrogens is 1. The second kappa shape index (κ2) is 9.22. The minimum Gasteiger partial charge on any atom is -0.444 e. The van der Waals surface area contributed by atoms with Crippen molar-refractivity contribution in [2.45, 2.75) is 77.0 Å². The zero-order valence-corrected chi connectivity index (χ0v) is 23.5. The van der Waals surface area contributed by atoms with Crippen molar-refractivity contribution in [1.29, 1.82) is 0 Å². The highest BCUT2D eigenvalue weighted by Crippen LogP contribution is 2.58. The average molecular weight is 525 g/mol. The van der Waals surface area contributed by atoms with Crippen LogP contribution in [0.3, 0.4) is 0 Å². The molecule has 2 fully saturated rings.